The summed E-state index contributed by atoms with van der Waals surface area (Å²) in [5.74, 6) is -0.168. The van der Waals surface area contributed by atoms with E-state index >= 15 is 0 Å². The highest BCUT2D eigenvalue weighted by molar-refractivity contribution is 7.92. The van der Waals surface area contributed by atoms with E-state index in [1.165, 1.54) is 43.4 Å². The first-order valence-corrected chi connectivity index (χ1v) is 14.5. The minimum Gasteiger partial charge on any atom is -0.497 e. The van der Waals surface area contributed by atoms with Crippen LogP contribution in [0.4, 0.5) is 5.69 Å². The Kier molecular flexibility index (Phi) is 10.4. The van der Waals surface area contributed by atoms with Crippen LogP contribution >= 0.6 is 11.6 Å². The molecule has 11 heteroatoms. The number of rotatable bonds is 12. The van der Waals surface area contributed by atoms with Crippen LogP contribution in [0.1, 0.15) is 25.0 Å². The first kappa shape index (κ1) is 30.8. The fraction of sp³-hybridized carbons (Fsp3) is 0.310. The van der Waals surface area contributed by atoms with Crippen LogP contribution in [0.2, 0.25) is 5.02 Å². The molecule has 0 heterocycles. The third-order valence-electron chi connectivity index (χ3n) is 6.30. The van der Waals surface area contributed by atoms with Crippen LogP contribution in [0.5, 0.6) is 11.5 Å². The Balaban J connectivity index is 2.10. The van der Waals surface area contributed by atoms with Gasteiger partial charge in [0.1, 0.15) is 24.1 Å². The SMILES string of the molecule is CCNC(=O)C(C)N(Cc1cccc(OC)c1)C(=O)CN(c1cc(Cl)ccc1OC)S(=O)(=O)c1ccc(C)cc1. The van der Waals surface area contributed by atoms with E-state index in [0.717, 1.165) is 9.87 Å². The first-order valence-electron chi connectivity index (χ1n) is 12.6. The summed E-state index contributed by atoms with van der Waals surface area (Å²) in [6.45, 7) is 5.02. The number of hydrogen-bond donors (Lipinski definition) is 1. The monoisotopic (exact) mass is 587 g/mol. The molecular weight excluding hydrogens is 554 g/mol. The molecule has 0 aliphatic heterocycles. The number of sulfonamides is 1. The second-order valence-corrected chi connectivity index (χ2v) is 11.4. The number of carbonyl (C=O) groups excluding carboxylic acids is 2. The largest absolute Gasteiger partial charge is 0.497 e. The number of methoxy groups -OCH3 is 2. The number of nitrogens with zero attached hydrogens (tertiary/aromatic N) is 2. The van der Waals surface area contributed by atoms with Crippen molar-refractivity contribution in [2.45, 2.75) is 38.3 Å². The van der Waals surface area contributed by atoms with Gasteiger partial charge in [0.05, 0.1) is 24.8 Å². The molecule has 0 aliphatic carbocycles. The van der Waals surface area contributed by atoms with Crippen LogP contribution in [0.3, 0.4) is 0 Å². The Morgan fingerprint density at radius 2 is 1.70 bits per heavy atom. The molecular formula is C29H34ClN3O6S. The molecule has 9 nitrogen and oxygen atoms in total. The smallest absolute Gasteiger partial charge is 0.264 e. The molecule has 2 amide bonds. The predicted molar refractivity (Wildman–Crippen MR) is 155 cm³/mol. The zero-order chi connectivity index (χ0) is 29.4. The molecule has 0 fully saturated rings. The third kappa shape index (κ3) is 7.25. The molecule has 0 aromatic heterocycles. The van der Waals surface area contributed by atoms with Gasteiger partial charge >= 0.3 is 0 Å². The van der Waals surface area contributed by atoms with Crippen LogP contribution in [0.15, 0.2) is 71.6 Å². The number of nitrogens with one attached hydrogen (secondary N) is 1. The highest BCUT2D eigenvalue weighted by atomic mass is 35.5. The Morgan fingerprint density at radius 1 is 1.00 bits per heavy atom. The molecule has 0 bridgehead atoms. The van der Waals surface area contributed by atoms with E-state index in [4.69, 9.17) is 21.1 Å². The molecule has 0 saturated heterocycles. The Morgan fingerprint density at radius 3 is 2.33 bits per heavy atom. The van der Waals surface area contributed by atoms with Crippen molar-refractivity contribution in [1.82, 2.24) is 10.2 Å². The number of aryl methyl sites for hydroxylation is 1. The number of amides is 2. The summed E-state index contributed by atoms with van der Waals surface area (Å²) in [7, 11) is -1.33. The van der Waals surface area contributed by atoms with Gasteiger partial charge in [0.2, 0.25) is 11.8 Å². The van der Waals surface area contributed by atoms with E-state index in [2.05, 4.69) is 5.32 Å². The fourth-order valence-electron chi connectivity index (χ4n) is 4.08. The molecule has 3 rings (SSSR count). The summed E-state index contributed by atoms with van der Waals surface area (Å²) in [6.07, 6.45) is 0. The average Bonchev–Trinajstić information content (AvgIpc) is 2.94. The van der Waals surface area contributed by atoms with Gasteiger partial charge in [-0.15, -0.1) is 0 Å². The van der Waals surface area contributed by atoms with Gasteiger partial charge in [0, 0.05) is 18.1 Å². The van der Waals surface area contributed by atoms with Crippen molar-refractivity contribution in [3.05, 3.63) is 82.9 Å². The normalized spacial score (nSPS) is 11.8. The third-order valence-corrected chi connectivity index (χ3v) is 8.31. The maximum Gasteiger partial charge on any atom is 0.264 e. The molecule has 3 aromatic rings. The summed E-state index contributed by atoms with van der Waals surface area (Å²) in [4.78, 5) is 28.2. The van der Waals surface area contributed by atoms with Gasteiger partial charge in [0.15, 0.2) is 0 Å². The van der Waals surface area contributed by atoms with Crippen molar-refractivity contribution < 1.29 is 27.5 Å². The molecule has 214 valence electrons. The van der Waals surface area contributed by atoms with E-state index in [1.807, 2.05) is 6.92 Å². The van der Waals surface area contributed by atoms with Gasteiger partial charge < -0.3 is 19.7 Å². The number of halogens is 1. The molecule has 0 spiro atoms. The fourth-order valence-corrected chi connectivity index (χ4v) is 5.66. The van der Waals surface area contributed by atoms with Gasteiger partial charge in [-0.05, 0) is 68.8 Å². The molecule has 0 aliphatic rings. The first-order chi connectivity index (χ1) is 19.0. The number of carbonyl (C=O) groups is 2. The number of benzene rings is 3. The van der Waals surface area contributed by atoms with E-state index in [9.17, 15) is 18.0 Å². The van der Waals surface area contributed by atoms with Crippen LogP contribution in [0, 0.1) is 6.92 Å². The summed E-state index contributed by atoms with van der Waals surface area (Å²) in [5, 5.41) is 2.99. The molecule has 1 unspecified atom stereocenters. The van der Waals surface area contributed by atoms with Gasteiger partial charge in [0.25, 0.3) is 10.0 Å². The lowest BCUT2D eigenvalue weighted by molar-refractivity contribution is -0.139. The Bertz CT molecular complexity index is 1450. The average molecular weight is 588 g/mol. The minimum atomic E-state index is -4.26. The van der Waals surface area contributed by atoms with E-state index in [0.29, 0.717) is 17.9 Å². The number of likely N-dealkylation sites (N-methyl/N-ethyl adjacent to an activating group) is 1. The molecule has 1 atom stereocenters. The standard InChI is InChI=1S/C29H34ClN3O6S/c1-6-31-29(35)21(3)32(18-22-8-7-9-24(16-22)38-4)28(34)19-33(26-17-23(30)12-15-27(26)39-5)40(36,37)25-13-10-20(2)11-14-25/h7-17,21H,6,18-19H2,1-5H3,(H,31,35). The van der Waals surface area contributed by atoms with Crippen LogP contribution in [0.25, 0.3) is 0 Å². The van der Waals surface area contributed by atoms with E-state index in [-0.39, 0.29) is 33.8 Å². The van der Waals surface area contributed by atoms with Crippen molar-refractivity contribution in [2.24, 2.45) is 0 Å². The predicted octanol–water partition coefficient (Wildman–Crippen LogP) is 4.41. The van der Waals surface area contributed by atoms with Crippen molar-refractivity contribution in [3.63, 3.8) is 0 Å². The van der Waals surface area contributed by atoms with Crippen molar-refractivity contribution in [1.29, 1.82) is 0 Å². The number of ether oxygens (including phenoxy) is 2. The number of hydrogen-bond acceptors (Lipinski definition) is 6. The Hall–Kier alpha value is -3.76. The van der Waals surface area contributed by atoms with Crippen LogP contribution in [-0.2, 0) is 26.2 Å². The molecule has 3 aromatic carbocycles. The van der Waals surface area contributed by atoms with Crippen molar-refractivity contribution in [3.8, 4) is 11.5 Å². The zero-order valence-corrected chi connectivity index (χ0v) is 24.8. The molecule has 0 saturated carbocycles. The number of anilines is 1. The lowest BCUT2D eigenvalue weighted by Gasteiger charge is -2.32. The molecule has 0 radical (unpaired) electrons. The molecule has 1 N–H and O–H groups in total. The molecule has 40 heavy (non-hydrogen) atoms. The van der Waals surface area contributed by atoms with Gasteiger partial charge in [-0.1, -0.05) is 41.4 Å². The highest BCUT2D eigenvalue weighted by Gasteiger charge is 2.34. The van der Waals surface area contributed by atoms with E-state index < -0.39 is 28.5 Å². The van der Waals surface area contributed by atoms with Crippen molar-refractivity contribution >= 4 is 39.1 Å². The topological polar surface area (TPSA) is 105 Å². The zero-order valence-electron chi connectivity index (χ0n) is 23.2. The summed E-state index contributed by atoms with van der Waals surface area (Å²) in [5.41, 5.74) is 1.68. The minimum absolute atomic E-state index is 0.0101. The van der Waals surface area contributed by atoms with Crippen molar-refractivity contribution in [2.75, 3.05) is 31.6 Å². The van der Waals surface area contributed by atoms with E-state index in [1.54, 1.807) is 56.3 Å². The summed E-state index contributed by atoms with van der Waals surface area (Å²) >= 11 is 6.26. The lowest BCUT2D eigenvalue weighted by atomic mass is 10.1. The summed E-state index contributed by atoms with van der Waals surface area (Å²) in [6, 6.07) is 17.0. The van der Waals surface area contributed by atoms with Gasteiger partial charge in [-0.2, -0.15) is 0 Å². The quantitative estimate of drug-likeness (QED) is 0.336. The maximum atomic E-state index is 14.0. The van der Waals surface area contributed by atoms with Gasteiger partial charge in [-0.3, -0.25) is 13.9 Å². The van der Waals surface area contributed by atoms with Gasteiger partial charge in [-0.25, -0.2) is 8.42 Å². The van der Waals surface area contributed by atoms with Crippen LogP contribution in [-0.4, -0.2) is 58.5 Å². The second-order valence-electron chi connectivity index (χ2n) is 9.08. The van der Waals surface area contributed by atoms with Crippen LogP contribution < -0.4 is 19.1 Å². The maximum absolute atomic E-state index is 14.0. The second kappa shape index (κ2) is 13.5. The Labute approximate surface area is 240 Å². The lowest BCUT2D eigenvalue weighted by Crippen LogP contribution is -2.51. The summed E-state index contributed by atoms with van der Waals surface area (Å²) < 4.78 is 39.7. The highest BCUT2D eigenvalue weighted by Crippen LogP contribution is 2.35.